The molecule has 11 heteroatoms. The fourth-order valence-electron chi connectivity index (χ4n) is 2.82. The molecule has 1 unspecified atom stereocenters. The van der Waals surface area contributed by atoms with E-state index < -0.39 is 25.2 Å². The predicted octanol–water partition coefficient (Wildman–Crippen LogP) is 3.85. The number of fused-ring (bicyclic) bond motifs is 1. The summed E-state index contributed by atoms with van der Waals surface area (Å²) in [6.45, 7) is 1.78. The van der Waals surface area contributed by atoms with Crippen molar-refractivity contribution in [2.75, 3.05) is 6.61 Å². The average Bonchev–Trinajstić information content (AvgIpc) is 3.03. The smallest absolute Gasteiger partial charge is 0.422 e. The van der Waals surface area contributed by atoms with E-state index >= 15 is 0 Å². The first-order chi connectivity index (χ1) is 14.2. The van der Waals surface area contributed by atoms with Crippen molar-refractivity contribution in [3.8, 4) is 5.75 Å². The van der Waals surface area contributed by atoms with E-state index in [9.17, 15) is 23.1 Å². The third-order valence-electron chi connectivity index (χ3n) is 4.18. The molecule has 2 heterocycles. The summed E-state index contributed by atoms with van der Waals surface area (Å²) in [6.07, 6.45) is -5.62. The fraction of sp³-hybridized carbons (Fsp3) is 0.316. The van der Waals surface area contributed by atoms with Crippen LogP contribution in [0.25, 0.3) is 11.0 Å². The lowest BCUT2D eigenvalue weighted by atomic mass is 10.2. The molecule has 0 aliphatic heterocycles. The maximum absolute atomic E-state index is 12.4. The van der Waals surface area contributed by atoms with Crippen LogP contribution in [-0.4, -0.2) is 33.5 Å². The van der Waals surface area contributed by atoms with Gasteiger partial charge < -0.3 is 19.4 Å². The summed E-state index contributed by atoms with van der Waals surface area (Å²) in [7, 11) is 0. The van der Waals surface area contributed by atoms with Gasteiger partial charge in [0.1, 0.15) is 12.0 Å². The number of carbonyl (C=O) groups is 1. The number of halogens is 3. The SMILES string of the molecule is Cc1c(OCC(F)(F)F)ccnc1CSc1nc2ccccc2n1C(C)OC(=O)[O-]. The van der Waals surface area contributed by atoms with Gasteiger partial charge in [0.2, 0.25) is 0 Å². The van der Waals surface area contributed by atoms with E-state index in [-0.39, 0.29) is 11.5 Å². The first-order valence-corrected chi connectivity index (χ1v) is 9.75. The van der Waals surface area contributed by atoms with Crippen LogP contribution in [-0.2, 0) is 10.5 Å². The number of pyridine rings is 1. The zero-order valence-electron chi connectivity index (χ0n) is 16.0. The number of carbonyl (C=O) groups excluding carboxylic acids is 1. The first-order valence-electron chi connectivity index (χ1n) is 8.77. The highest BCUT2D eigenvalue weighted by atomic mass is 32.2. The summed E-state index contributed by atoms with van der Waals surface area (Å²) in [5, 5.41) is 11.3. The number of para-hydroxylation sites is 2. The predicted molar refractivity (Wildman–Crippen MR) is 101 cm³/mol. The molecule has 0 N–H and O–H groups in total. The van der Waals surface area contributed by atoms with Crippen molar-refractivity contribution >= 4 is 29.0 Å². The van der Waals surface area contributed by atoms with Gasteiger partial charge in [0.05, 0.1) is 16.7 Å². The van der Waals surface area contributed by atoms with E-state index in [4.69, 9.17) is 9.47 Å². The minimum absolute atomic E-state index is 0.0973. The second-order valence-corrected chi connectivity index (χ2v) is 7.24. The van der Waals surface area contributed by atoms with Gasteiger partial charge in [-0.15, -0.1) is 0 Å². The number of carboxylic acid groups (broad SMARTS) is 1. The van der Waals surface area contributed by atoms with Crippen LogP contribution in [0.5, 0.6) is 5.75 Å². The summed E-state index contributed by atoms with van der Waals surface area (Å²) >= 11 is 1.25. The summed E-state index contributed by atoms with van der Waals surface area (Å²) < 4.78 is 48.6. The Morgan fingerprint density at radius 2 is 2.03 bits per heavy atom. The second kappa shape index (κ2) is 8.82. The molecule has 30 heavy (non-hydrogen) atoms. The van der Waals surface area contributed by atoms with Crippen LogP contribution < -0.4 is 9.84 Å². The third-order valence-corrected chi connectivity index (χ3v) is 5.15. The van der Waals surface area contributed by atoms with Crippen molar-refractivity contribution in [2.45, 2.75) is 37.2 Å². The van der Waals surface area contributed by atoms with Gasteiger partial charge in [0.15, 0.2) is 11.8 Å². The van der Waals surface area contributed by atoms with Gasteiger partial charge in [-0.05, 0) is 32.0 Å². The van der Waals surface area contributed by atoms with Crippen LogP contribution in [0, 0.1) is 6.92 Å². The molecule has 0 aliphatic rings. The first kappa shape index (κ1) is 21.8. The number of nitrogens with zero attached hydrogens (tertiary/aromatic N) is 3. The van der Waals surface area contributed by atoms with Crippen LogP contribution >= 0.6 is 11.8 Å². The molecule has 0 saturated heterocycles. The second-order valence-electron chi connectivity index (χ2n) is 6.29. The van der Waals surface area contributed by atoms with Crippen molar-refractivity contribution in [3.05, 3.63) is 47.8 Å². The van der Waals surface area contributed by atoms with E-state index in [2.05, 4.69) is 9.97 Å². The van der Waals surface area contributed by atoms with E-state index in [1.54, 1.807) is 42.7 Å². The normalized spacial score (nSPS) is 12.7. The van der Waals surface area contributed by atoms with Crippen molar-refractivity contribution in [2.24, 2.45) is 0 Å². The zero-order valence-corrected chi connectivity index (χ0v) is 16.8. The number of benzene rings is 1. The molecular weight excluding hydrogens is 423 g/mol. The maximum Gasteiger partial charge on any atom is 0.422 e. The molecule has 0 radical (unpaired) electrons. The topological polar surface area (TPSA) is 89.3 Å². The molecule has 2 aromatic heterocycles. The van der Waals surface area contributed by atoms with Gasteiger partial charge in [-0.3, -0.25) is 9.55 Å². The molecule has 3 aromatic rings. The minimum Gasteiger partial charge on any atom is -0.527 e. The molecule has 160 valence electrons. The van der Waals surface area contributed by atoms with Crippen molar-refractivity contribution < 1.29 is 32.5 Å². The highest BCUT2D eigenvalue weighted by Gasteiger charge is 2.29. The quantitative estimate of drug-likeness (QED) is 0.407. The average molecular weight is 440 g/mol. The molecule has 1 atom stereocenters. The largest absolute Gasteiger partial charge is 0.527 e. The Morgan fingerprint density at radius 1 is 1.30 bits per heavy atom. The third kappa shape index (κ3) is 5.15. The molecule has 0 saturated carbocycles. The van der Waals surface area contributed by atoms with Crippen LogP contribution in [0.4, 0.5) is 18.0 Å². The zero-order chi connectivity index (χ0) is 21.9. The Morgan fingerprint density at radius 3 is 2.73 bits per heavy atom. The standard InChI is InChI=1S/C19H18F3N3O4S/c1-11-14(23-8-7-16(11)28-10-19(20,21)22)9-30-17-24-13-5-3-4-6-15(13)25(17)12(2)29-18(26)27/h3-8,12H,9-10H2,1-2H3,(H,26,27)/p-1. The molecule has 3 rings (SSSR count). The summed E-state index contributed by atoms with van der Waals surface area (Å²) in [6, 6.07) is 8.51. The Hall–Kier alpha value is -2.95. The van der Waals surface area contributed by atoms with Crippen LogP contribution in [0.1, 0.15) is 24.4 Å². The number of thioether (sulfide) groups is 1. The fourth-order valence-corrected chi connectivity index (χ4v) is 3.93. The number of hydrogen-bond donors (Lipinski definition) is 0. The van der Waals surface area contributed by atoms with E-state index in [0.29, 0.717) is 27.4 Å². The number of imidazole rings is 1. The summed E-state index contributed by atoms with van der Waals surface area (Å²) in [5.41, 5.74) is 2.31. The Labute approximate surface area is 173 Å². The molecule has 7 nitrogen and oxygen atoms in total. The Kier molecular flexibility index (Phi) is 6.40. The molecule has 0 spiro atoms. The molecule has 0 amide bonds. The van der Waals surface area contributed by atoms with Gasteiger partial charge in [0.25, 0.3) is 6.16 Å². The number of hydrogen-bond acceptors (Lipinski definition) is 7. The van der Waals surface area contributed by atoms with Gasteiger partial charge in [-0.2, -0.15) is 13.2 Å². The van der Waals surface area contributed by atoms with E-state index in [1.807, 2.05) is 0 Å². The van der Waals surface area contributed by atoms with Gasteiger partial charge in [0, 0.05) is 17.5 Å². The van der Waals surface area contributed by atoms with Gasteiger partial charge in [-0.1, -0.05) is 23.9 Å². The Bertz CT molecular complexity index is 1060. The molecule has 0 fully saturated rings. The van der Waals surface area contributed by atoms with E-state index in [0.717, 1.165) is 0 Å². The van der Waals surface area contributed by atoms with Crippen LogP contribution in [0.15, 0.2) is 41.7 Å². The number of aromatic nitrogens is 3. The Balaban J connectivity index is 1.85. The summed E-state index contributed by atoms with van der Waals surface area (Å²) in [5.74, 6) is 0.372. The summed E-state index contributed by atoms with van der Waals surface area (Å²) in [4.78, 5) is 19.6. The van der Waals surface area contributed by atoms with Crippen LogP contribution in [0.2, 0.25) is 0 Å². The van der Waals surface area contributed by atoms with Crippen molar-refractivity contribution in [1.29, 1.82) is 0 Å². The lowest BCUT2D eigenvalue weighted by Gasteiger charge is -2.21. The van der Waals surface area contributed by atoms with Crippen molar-refractivity contribution in [1.82, 2.24) is 14.5 Å². The van der Waals surface area contributed by atoms with Crippen molar-refractivity contribution in [3.63, 3.8) is 0 Å². The number of rotatable bonds is 7. The lowest BCUT2D eigenvalue weighted by molar-refractivity contribution is -0.290. The lowest BCUT2D eigenvalue weighted by Crippen LogP contribution is -2.27. The number of alkyl halides is 3. The minimum atomic E-state index is -4.44. The van der Waals surface area contributed by atoms with Gasteiger partial charge >= 0.3 is 6.18 Å². The van der Waals surface area contributed by atoms with Crippen LogP contribution in [0.3, 0.4) is 0 Å². The molecule has 0 aliphatic carbocycles. The van der Waals surface area contributed by atoms with E-state index in [1.165, 1.54) is 24.0 Å². The van der Waals surface area contributed by atoms with Gasteiger partial charge in [-0.25, -0.2) is 4.98 Å². The highest BCUT2D eigenvalue weighted by Crippen LogP contribution is 2.32. The number of ether oxygens (including phenoxy) is 2. The molecule has 0 bridgehead atoms. The molecular formula is C19H17F3N3O4S-. The maximum atomic E-state index is 12.4. The monoisotopic (exact) mass is 440 g/mol. The highest BCUT2D eigenvalue weighted by molar-refractivity contribution is 7.98. The molecule has 1 aromatic carbocycles.